The molecule has 20 heavy (non-hydrogen) atoms. The first-order chi connectivity index (χ1) is 9.61. The predicted molar refractivity (Wildman–Crippen MR) is 76.0 cm³/mol. The Balaban J connectivity index is 1.96. The third kappa shape index (κ3) is 3.36. The number of hydrogen-bond acceptors (Lipinski definition) is 3. The van der Waals surface area contributed by atoms with Gasteiger partial charge in [-0.1, -0.05) is 6.92 Å². The van der Waals surface area contributed by atoms with E-state index in [0.717, 1.165) is 39.1 Å². The molecular weight excluding hydrogens is 256 g/mol. The molecule has 1 N–H and O–H groups in total. The Bertz CT molecular complexity index is 476. The van der Waals surface area contributed by atoms with Crippen molar-refractivity contribution in [1.29, 1.82) is 0 Å². The summed E-state index contributed by atoms with van der Waals surface area (Å²) in [7, 11) is 0. The molecule has 5 nitrogen and oxygen atoms in total. The number of aromatic carboxylic acids is 1. The molecule has 1 amide bonds. The molecule has 1 aliphatic heterocycles. The van der Waals surface area contributed by atoms with Gasteiger partial charge < -0.3 is 10.0 Å². The molecule has 1 fully saturated rings. The summed E-state index contributed by atoms with van der Waals surface area (Å²) in [4.78, 5) is 27.3. The fourth-order valence-electron chi connectivity index (χ4n) is 2.43. The van der Waals surface area contributed by atoms with Crippen molar-refractivity contribution in [1.82, 2.24) is 9.80 Å². The Morgan fingerprint density at radius 1 is 1.05 bits per heavy atom. The lowest BCUT2D eigenvalue weighted by Crippen LogP contribution is -2.48. The lowest BCUT2D eigenvalue weighted by atomic mass is 10.1. The number of benzene rings is 1. The lowest BCUT2D eigenvalue weighted by molar-refractivity contribution is 0.0635. The zero-order chi connectivity index (χ0) is 14.5. The number of carboxylic acid groups (broad SMARTS) is 1. The van der Waals surface area contributed by atoms with Crippen molar-refractivity contribution >= 4 is 11.9 Å². The number of amides is 1. The van der Waals surface area contributed by atoms with Crippen LogP contribution in [-0.4, -0.2) is 59.5 Å². The fraction of sp³-hybridized carbons (Fsp3) is 0.467. The van der Waals surface area contributed by atoms with Crippen LogP contribution in [0.5, 0.6) is 0 Å². The molecule has 1 aliphatic rings. The van der Waals surface area contributed by atoms with Gasteiger partial charge in [-0.15, -0.1) is 0 Å². The van der Waals surface area contributed by atoms with Crippen molar-refractivity contribution in [2.45, 2.75) is 13.3 Å². The Morgan fingerprint density at radius 2 is 1.60 bits per heavy atom. The standard InChI is InChI=1S/C15H20N2O3/c1-2-7-16-8-10-17(11-9-16)14(18)12-3-5-13(6-4-12)15(19)20/h3-6H,2,7-11H2,1H3,(H,19,20). The van der Waals surface area contributed by atoms with Gasteiger partial charge in [-0.2, -0.15) is 0 Å². The van der Waals surface area contributed by atoms with Crippen LogP contribution in [0.2, 0.25) is 0 Å². The molecule has 1 saturated heterocycles. The van der Waals surface area contributed by atoms with Crippen molar-refractivity contribution in [3.8, 4) is 0 Å². The molecule has 1 heterocycles. The number of carboxylic acids is 1. The highest BCUT2D eigenvalue weighted by Gasteiger charge is 2.21. The van der Waals surface area contributed by atoms with Crippen LogP contribution < -0.4 is 0 Å². The summed E-state index contributed by atoms with van der Waals surface area (Å²) in [5.74, 6) is -0.990. The van der Waals surface area contributed by atoms with Crippen LogP contribution in [0.4, 0.5) is 0 Å². The maximum Gasteiger partial charge on any atom is 0.335 e. The highest BCUT2D eigenvalue weighted by molar-refractivity contribution is 5.96. The van der Waals surface area contributed by atoms with Gasteiger partial charge in [-0.05, 0) is 37.2 Å². The van der Waals surface area contributed by atoms with Crippen LogP contribution in [0.15, 0.2) is 24.3 Å². The highest BCUT2D eigenvalue weighted by Crippen LogP contribution is 2.10. The molecule has 0 atom stereocenters. The normalized spacial score (nSPS) is 16.1. The van der Waals surface area contributed by atoms with Gasteiger partial charge in [0, 0.05) is 31.7 Å². The number of hydrogen-bond donors (Lipinski definition) is 1. The van der Waals surface area contributed by atoms with Gasteiger partial charge in [0.15, 0.2) is 0 Å². The molecule has 1 aromatic rings. The summed E-state index contributed by atoms with van der Waals surface area (Å²) in [5.41, 5.74) is 0.758. The summed E-state index contributed by atoms with van der Waals surface area (Å²) in [5, 5.41) is 8.84. The van der Waals surface area contributed by atoms with Gasteiger partial charge in [0.05, 0.1) is 5.56 Å². The van der Waals surface area contributed by atoms with Gasteiger partial charge >= 0.3 is 5.97 Å². The lowest BCUT2D eigenvalue weighted by Gasteiger charge is -2.34. The van der Waals surface area contributed by atoms with E-state index >= 15 is 0 Å². The smallest absolute Gasteiger partial charge is 0.335 e. The Labute approximate surface area is 118 Å². The molecule has 0 aliphatic carbocycles. The Hall–Kier alpha value is -1.88. The maximum atomic E-state index is 12.3. The van der Waals surface area contributed by atoms with Crippen LogP contribution in [0.3, 0.4) is 0 Å². The molecule has 1 aromatic carbocycles. The average Bonchev–Trinajstić information content (AvgIpc) is 2.48. The van der Waals surface area contributed by atoms with Gasteiger partial charge in [0.25, 0.3) is 5.91 Å². The third-order valence-corrected chi connectivity index (χ3v) is 3.58. The summed E-state index contributed by atoms with van der Waals surface area (Å²) < 4.78 is 0. The van der Waals surface area contributed by atoms with E-state index in [-0.39, 0.29) is 11.5 Å². The van der Waals surface area contributed by atoms with E-state index in [2.05, 4.69) is 11.8 Å². The summed E-state index contributed by atoms with van der Waals surface area (Å²) >= 11 is 0. The molecule has 0 unspecified atom stereocenters. The Kier molecular flexibility index (Phi) is 4.74. The molecule has 0 saturated carbocycles. The second kappa shape index (κ2) is 6.52. The maximum absolute atomic E-state index is 12.3. The number of piperazine rings is 1. The summed E-state index contributed by atoms with van der Waals surface area (Å²) in [6.45, 7) is 6.52. The van der Waals surface area contributed by atoms with E-state index in [1.54, 1.807) is 12.1 Å². The van der Waals surface area contributed by atoms with Crippen molar-refractivity contribution < 1.29 is 14.7 Å². The van der Waals surface area contributed by atoms with Crippen molar-refractivity contribution in [3.05, 3.63) is 35.4 Å². The second-order valence-electron chi connectivity index (χ2n) is 5.02. The zero-order valence-corrected chi connectivity index (χ0v) is 11.7. The topological polar surface area (TPSA) is 60.9 Å². The SMILES string of the molecule is CCCN1CCN(C(=O)c2ccc(C(=O)O)cc2)CC1. The first-order valence-corrected chi connectivity index (χ1v) is 6.97. The van der Waals surface area contributed by atoms with Gasteiger partial charge in [-0.25, -0.2) is 4.79 Å². The quantitative estimate of drug-likeness (QED) is 0.906. The highest BCUT2D eigenvalue weighted by atomic mass is 16.4. The van der Waals surface area contributed by atoms with E-state index in [0.29, 0.717) is 5.56 Å². The molecule has 0 aromatic heterocycles. The van der Waals surface area contributed by atoms with Crippen molar-refractivity contribution in [2.24, 2.45) is 0 Å². The average molecular weight is 276 g/mol. The molecule has 2 rings (SSSR count). The largest absolute Gasteiger partial charge is 0.478 e. The summed E-state index contributed by atoms with van der Waals surface area (Å²) in [6.07, 6.45) is 1.13. The van der Waals surface area contributed by atoms with Crippen LogP contribution >= 0.6 is 0 Å². The van der Waals surface area contributed by atoms with Gasteiger partial charge in [0.1, 0.15) is 0 Å². The minimum Gasteiger partial charge on any atom is -0.478 e. The molecule has 5 heteroatoms. The number of carbonyl (C=O) groups excluding carboxylic acids is 1. The molecular formula is C15H20N2O3. The number of nitrogens with zero attached hydrogens (tertiary/aromatic N) is 2. The fourth-order valence-corrected chi connectivity index (χ4v) is 2.43. The first-order valence-electron chi connectivity index (χ1n) is 6.97. The molecule has 108 valence electrons. The van der Waals surface area contributed by atoms with Gasteiger partial charge in [-0.3, -0.25) is 9.69 Å². The second-order valence-corrected chi connectivity index (χ2v) is 5.02. The van der Waals surface area contributed by atoms with Crippen molar-refractivity contribution in [2.75, 3.05) is 32.7 Å². The van der Waals surface area contributed by atoms with Crippen LogP contribution in [0, 0.1) is 0 Å². The molecule has 0 spiro atoms. The zero-order valence-electron chi connectivity index (χ0n) is 11.7. The van der Waals surface area contributed by atoms with E-state index in [4.69, 9.17) is 5.11 Å². The van der Waals surface area contributed by atoms with Gasteiger partial charge in [0.2, 0.25) is 0 Å². The Morgan fingerprint density at radius 3 is 2.10 bits per heavy atom. The predicted octanol–water partition coefficient (Wildman–Crippen LogP) is 1.55. The number of rotatable bonds is 4. The first kappa shape index (κ1) is 14.5. The van der Waals surface area contributed by atoms with Crippen LogP contribution in [0.25, 0.3) is 0 Å². The van der Waals surface area contributed by atoms with Crippen LogP contribution in [-0.2, 0) is 0 Å². The third-order valence-electron chi connectivity index (χ3n) is 3.58. The van der Waals surface area contributed by atoms with E-state index < -0.39 is 5.97 Å². The van der Waals surface area contributed by atoms with Crippen LogP contribution in [0.1, 0.15) is 34.1 Å². The number of carbonyl (C=O) groups is 2. The minimum absolute atomic E-state index is 0.0157. The van der Waals surface area contributed by atoms with E-state index in [1.165, 1.54) is 12.1 Å². The van der Waals surface area contributed by atoms with E-state index in [9.17, 15) is 9.59 Å². The minimum atomic E-state index is -0.975. The summed E-state index contributed by atoms with van der Waals surface area (Å²) in [6, 6.07) is 6.13. The van der Waals surface area contributed by atoms with E-state index in [1.807, 2.05) is 4.90 Å². The molecule has 0 bridgehead atoms. The van der Waals surface area contributed by atoms with Crippen molar-refractivity contribution in [3.63, 3.8) is 0 Å². The molecule has 0 radical (unpaired) electrons. The monoisotopic (exact) mass is 276 g/mol.